The van der Waals surface area contributed by atoms with Crippen molar-refractivity contribution in [3.63, 3.8) is 0 Å². The van der Waals surface area contributed by atoms with Crippen LogP contribution in [0, 0.1) is 5.92 Å². The molecular weight excluding hydrogens is 286 g/mol. The number of ether oxygens (including phenoxy) is 1. The summed E-state index contributed by atoms with van der Waals surface area (Å²) in [7, 11) is 4.09. The van der Waals surface area contributed by atoms with Crippen molar-refractivity contribution in [3.05, 3.63) is 53.6 Å². The lowest BCUT2D eigenvalue weighted by molar-refractivity contribution is 0.271. The second-order valence-electron chi connectivity index (χ2n) is 6.59. The molecule has 0 saturated heterocycles. The van der Waals surface area contributed by atoms with Crippen molar-refractivity contribution in [2.75, 3.05) is 20.7 Å². The van der Waals surface area contributed by atoms with Gasteiger partial charge in [-0.15, -0.1) is 0 Å². The second kappa shape index (κ2) is 8.14. The minimum atomic E-state index is 0.0229. The molecule has 2 rings (SSSR count). The van der Waals surface area contributed by atoms with Gasteiger partial charge in [-0.3, -0.25) is 0 Å². The summed E-state index contributed by atoms with van der Waals surface area (Å²) in [6.45, 7) is 5.84. The molecule has 2 aromatic carbocycles. The van der Waals surface area contributed by atoms with Gasteiger partial charge in [0.2, 0.25) is 0 Å². The first kappa shape index (κ1) is 17.5. The molecule has 1 N–H and O–H groups in total. The molecule has 0 unspecified atom stereocenters. The zero-order valence-corrected chi connectivity index (χ0v) is 14.5. The van der Waals surface area contributed by atoms with Crippen molar-refractivity contribution in [1.29, 1.82) is 0 Å². The van der Waals surface area contributed by atoms with Gasteiger partial charge in [0.15, 0.2) is 0 Å². The number of benzene rings is 2. The Bertz CT molecular complexity index is 635. The molecule has 0 radical (unpaired) electrons. The van der Waals surface area contributed by atoms with Gasteiger partial charge < -0.3 is 14.7 Å². The third-order valence-corrected chi connectivity index (χ3v) is 3.59. The maximum absolute atomic E-state index is 9.79. The summed E-state index contributed by atoms with van der Waals surface area (Å²) in [6.07, 6.45) is 0. The van der Waals surface area contributed by atoms with Gasteiger partial charge in [0.05, 0.1) is 13.2 Å². The molecule has 2 aromatic rings. The monoisotopic (exact) mass is 313 g/mol. The fraction of sp³-hybridized carbons (Fsp3) is 0.400. The maximum atomic E-state index is 9.79. The predicted molar refractivity (Wildman–Crippen MR) is 95.5 cm³/mol. The molecule has 0 amide bonds. The summed E-state index contributed by atoms with van der Waals surface area (Å²) in [5, 5.41) is 9.79. The van der Waals surface area contributed by atoms with E-state index in [1.807, 2.05) is 32.3 Å². The number of rotatable bonds is 7. The fourth-order valence-corrected chi connectivity index (χ4v) is 2.58. The summed E-state index contributed by atoms with van der Waals surface area (Å²) >= 11 is 0. The highest BCUT2D eigenvalue weighted by molar-refractivity contribution is 5.73. The third-order valence-electron chi connectivity index (χ3n) is 3.59. The molecule has 0 heterocycles. The smallest absolute Gasteiger partial charge is 0.127 e. The summed E-state index contributed by atoms with van der Waals surface area (Å²) in [5.74, 6) is 1.35. The minimum Gasteiger partial charge on any atom is -0.493 e. The number of hydrogen-bond donors (Lipinski definition) is 1. The van der Waals surface area contributed by atoms with Gasteiger partial charge in [-0.05, 0) is 42.8 Å². The Labute approximate surface area is 139 Å². The van der Waals surface area contributed by atoms with Gasteiger partial charge >= 0.3 is 0 Å². The van der Waals surface area contributed by atoms with E-state index in [1.54, 1.807) is 0 Å². The van der Waals surface area contributed by atoms with Crippen molar-refractivity contribution in [2.45, 2.75) is 27.0 Å². The van der Waals surface area contributed by atoms with Gasteiger partial charge in [0.1, 0.15) is 5.75 Å². The normalized spacial score (nSPS) is 11.3. The Morgan fingerprint density at radius 2 is 1.78 bits per heavy atom. The SMILES string of the molecule is CC(C)COc1ccccc1-c1ccc(CN(C)C)cc1CO. The Balaban J connectivity index is 2.37. The van der Waals surface area contributed by atoms with Crippen LogP contribution in [-0.2, 0) is 13.2 Å². The Morgan fingerprint density at radius 1 is 1.04 bits per heavy atom. The van der Waals surface area contributed by atoms with E-state index >= 15 is 0 Å². The van der Waals surface area contributed by atoms with Gasteiger partial charge in [0, 0.05) is 12.1 Å². The predicted octanol–water partition coefficient (Wildman–Crippen LogP) is 3.94. The summed E-state index contributed by atoms with van der Waals surface area (Å²) in [4.78, 5) is 2.12. The summed E-state index contributed by atoms with van der Waals surface area (Å²) in [6, 6.07) is 14.3. The quantitative estimate of drug-likeness (QED) is 0.840. The van der Waals surface area contributed by atoms with Crippen molar-refractivity contribution >= 4 is 0 Å². The molecule has 0 aliphatic heterocycles. The molecule has 3 heteroatoms. The molecule has 0 fully saturated rings. The van der Waals surface area contributed by atoms with Crippen molar-refractivity contribution < 1.29 is 9.84 Å². The zero-order valence-electron chi connectivity index (χ0n) is 14.5. The van der Waals surface area contributed by atoms with E-state index in [2.05, 4.69) is 43.0 Å². The van der Waals surface area contributed by atoms with E-state index in [9.17, 15) is 5.11 Å². The Kier molecular flexibility index (Phi) is 6.20. The van der Waals surface area contributed by atoms with E-state index in [-0.39, 0.29) is 6.61 Å². The Hall–Kier alpha value is -1.84. The van der Waals surface area contributed by atoms with Crippen LogP contribution in [0.3, 0.4) is 0 Å². The van der Waals surface area contributed by atoms with Crippen LogP contribution < -0.4 is 4.74 Å². The molecule has 0 spiro atoms. The average Bonchev–Trinajstić information content (AvgIpc) is 2.52. The topological polar surface area (TPSA) is 32.7 Å². The standard InChI is InChI=1S/C20H27NO2/c1-15(2)14-23-20-8-6-5-7-19(20)18-10-9-16(12-21(3)4)11-17(18)13-22/h5-11,15,22H,12-14H2,1-4H3. The van der Waals surface area contributed by atoms with Crippen molar-refractivity contribution in [3.8, 4) is 16.9 Å². The number of aliphatic hydroxyl groups excluding tert-OH is 1. The lowest BCUT2D eigenvalue weighted by Crippen LogP contribution is -2.11. The fourth-order valence-electron chi connectivity index (χ4n) is 2.58. The van der Waals surface area contributed by atoms with E-state index in [4.69, 9.17) is 4.74 Å². The van der Waals surface area contributed by atoms with E-state index in [1.165, 1.54) is 5.56 Å². The zero-order chi connectivity index (χ0) is 16.8. The molecule has 0 saturated carbocycles. The average molecular weight is 313 g/mol. The van der Waals surface area contributed by atoms with E-state index in [0.29, 0.717) is 12.5 Å². The highest BCUT2D eigenvalue weighted by Gasteiger charge is 2.11. The lowest BCUT2D eigenvalue weighted by atomic mass is 9.97. The summed E-state index contributed by atoms with van der Waals surface area (Å²) in [5.41, 5.74) is 4.20. The molecule has 0 aliphatic carbocycles. The molecule has 3 nitrogen and oxygen atoms in total. The molecule has 0 bridgehead atoms. The van der Waals surface area contributed by atoms with Gasteiger partial charge in [-0.1, -0.05) is 50.2 Å². The molecular formula is C20H27NO2. The Morgan fingerprint density at radius 3 is 2.43 bits per heavy atom. The molecule has 0 atom stereocenters. The number of aliphatic hydroxyl groups is 1. The first-order valence-corrected chi connectivity index (χ1v) is 8.11. The van der Waals surface area contributed by atoms with Gasteiger partial charge in [-0.2, -0.15) is 0 Å². The van der Waals surface area contributed by atoms with Crippen LogP contribution in [0.5, 0.6) is 5.75 Å². The van der Waals surface area contributed by atoms with Crippen molar-refractivity contribution in [2.24, 2.45) is 5.92 Å². The molecule has 23 heavy (non-hydrogen) atoms. The molecule has 0 aliphatic rings. The second-order valence-corrected chi connectivity index (χ2v) is 6.59. The van der Waals surface area contributed by atoms with Crippen LogP contribution in [-0.4, -0.2) is 30.7 Å². The maximum Gasteiger partial charge on any atom is 0.127 e. The van der Waals surface area contributed by atoms with E-state index in [0.717, 1.165) is 29.0 Å². The first-order valence-electron chi connectivity index (χ1n) is 8.11. The van der Waals surface area contributed by atoms with Crippen LogP contribution in [0.1, 0.15) is 25.0 Å². The summed E-state index contributed by atoms with van der Waals surface area (Å²) < 4.78 is 5.96. The lowest BCUT2D eigenvalue weighted by Gasteiger charge is -2.17. The van der Waals surface area contributed by atoms with Crippen LogP contribution in [0.4, 0.5) is 0 Å². The van der Waals surface area contributed by atoms with Crippen LogP contribution in [0.25, 0.3) is 11.1 Å². The molecule has 124 valence electrons. The minimum absolute atomic E-state index is 0.0229. The number of nitrogens with zero attached hydrogens (tertiary/aromatic N) is 1. The van der Waals surface area contributed by atoms with Crippen LogP contribution in [0.15, 0.2) is 42.5 Å². The molecule has 0 aromatic heterocycles. The van der Waals surface area contributed by atoms with Crippen molar-refractivity contribution in [1.82, 2.24) is 4.90 Å². The third kappa shape index (κ3) is 4.81. The number of para-hydroxylation sites is 1. The number of hydrogen-bond acceptors (Lipinski definition) is 3. The highest BCUT2D eigenvalue weighted by atomic mass is 16.5. The van der Waals surface area contributed by atoms with Gasteiger partial charge in [0.25, 0.3) is 0 Å². The first-order chi connectivity index (χ1) is 11.0. The van der Waals surface area contributed by atoms with E-state index < -0.39 is 0 Å². The van der Waals surface area contributed by atoms with Crippen LogP contribution >= 0.6 is 0 Å². The van der Waals surface area contributed by atoms with Crippen LogP contribution in [0.2, 0.25) is 0 Å². The highest BCUT2D eigenvalue weighted by Crippen LogP contribution is 2.33. The van der Waals surface area contributed by atoms with Gasteiger partial charge in [-0.25, -0.2) is 0 Å². The largest absolute Gasteiger partial charge is 0.493 e.